The largest absolute Gasteiger partial charge is 0.418 e. The molecule has 7 nitrogen and oxygen atoms in total. The number of hydrogen-bond acceptors (Lipinski definition) is 5. The summed E-state index contributed by atoms with van der Waals surface area (Å²) in [6.45, 7) is 6.57. The average Bonchev–Trinajstić information content (AvgIpc) is 3.31. The summed E-state index contributed by atoms with van der Waals surface area (Å²) in [7, 11) is 0. The van der Waals surface area contributed by atoms with Crippen LogP contribution in [0.25, 0.3) is 5.65 Å². The molecule has 1 atom stereocenters. The maximum atomic E-state index is 13.8. The summed E-state index contributed by atoms with van der Waals surface area (Å²) in [5.41, 5.74) is 3.25. The standard InChI is InChI=1S/C21H20F4N4O.C2H6.CH3NO/c1-19(2,30)17-14(21(23,24)25)6-11(9-27-17)12-8-20(4-3-5-20)18-13(12)10-26-16-7-15(22)28-29(16)18;1-2;2-1-3/h6-7,9-10,12,30H,3-5,8H2,1-2H3;1-2H3;1H,(H2,2,3). The van der Waals surface area contributed by atoms with E-state index in [4.69, 9.17) is 4.79 Å². The Morgan fingerprint density at radius 2 is 1.80 bits per heavy atom. The van der Waals surface area contributed by atoms with Crippen LogP contribution in [0.5, 0.6) is 0 Å². The van der Waals surface area contributed by atoms with Crippen molar-refractivity contribution in [3.05, 3.63) is 58.6 Å². The van der Waals surface area contributed by atoms with Gasteiger partial charge in [-0.05, 0) is 44.7 Å². The second kappa shape index (κ2) is 9.52. The van der Waals surface area contributed by atoms with E-state index in [1.807, 2.05) is 13.8 Å². The molecule has 1 amide bonds. The van der Waals surface area contributed by atoms with Gasteiger partial charge in [0.05, 0.1) is 17.0 Å². The van der Waals surface area contributed by atoms with E-state index in [1.165, 1.54) is 30.6 Å². The zero-order chi connectivity index (χ0) is 26.2. The second-order valence-electron chi connectivity index (χ2n) is 9.05. The predicted molar refractivity (Wildman–Crippen MR) is 121 cm³/mol. The van der Waals surface area contributed by atoms with E-state index in [0.717, 1.165) is 36.6 Å². The van der Waals surface area contributed by atoms with Crippen molar-refractivity contribution in [3.63, 3.8) is 0 Å². The van der Waals surface area contributed by atoms with Gasteiger partial charge in [-0.15, -0.1) is 5.10 Å². The minimum Gasteiger partial charge on any atom is -0.384 e. The lowest BCUT2D eigenvalue weighted by Gasteiger charge is -2.39. The summed E-state index contributed by atoms with van der Waals surface area (Å²) in [6.07, 6.45) is 1.98. The fraction of sp³-hybridized carbons (Fsp3) is 0.500. The summed E-state index contributed by atoms with van der Waals surface area (Å²) in [5, 5.41) is 14.1. The van der Waals surface area contributed by atoms with Crippen LogP contribution in [-0.4, -0.2) is 31.1 Å². The number of nitrogens with two attached hydrogens (primary N) is 1. The number of halogens is 4. The van der Waals surface area contributed by atoms with Crippen molar-refractivity contribution in [2.24, 2.45) is 5.73 Å². The lowest BCUT2D eigenvalue weighted by molar-refractivity contribution is -0.140. The molecule has 5 rings (SSSR count). The molecule has 0 radical (unpaired) electrons. The Kier molecular flexibility index (Phi) is 7.21. The van der Waals surface area contributed by atoms with Gasteiger partial charge in [-0.1, -0.05) is 20.3 Å². The molecule has 2 aliphatic carbocycles. The topological polar surface area (TPSA) is 106 Å². The monoisotopic (exact) mass is 495 g/mol. The van der Waals surface area contributed by atoms with Gasteiger partial charge >= 0.3 is 6.18 Å². The quantitative estimate of drug-likeness (QED) is 0.399. The number of aliphatic hydroxyl groups is 1. The van der Waals surface area contributed by atoms with Crippen LogP contribution in [-0.2, 0) is 22.0 Å². The molecular formula is C24H29F4N5O2. The number of pyridine rings is 1. The van der Waals surface area contributed by atoms with Gasteiger partial charge in [-0.25, -0.2) is 9.50 Å². The van der Waals surface area contributed by atoms with E-state index in [0.29, 0.717) is 17.6 Å². The Bertz CT molecular complexity index is 1210. The fourth-order valence-electron chi connectivity index (χ4n) is 5.02. The highest BCUT2D eigenvalue weighted by molar-refractivity contribution is 5.51. The summed E-state index contributed by atoms with van der Waals surface area (Å²) in [6, 6.07) is 2.34. The van der Waals surface area contributed by atoms with Gasteiger partial charge in [-0.3, -0.25) is 9.78 Å². The molecule has 2 aliphatic rings. The lowest BCUT2D eigenvalue weighted by atomic mass is 9.66. The Morgan fingerprint density at radius 3 is 2.31 bits per heavy atom. The van der Waals surface area contributed by atoms with Crippen LogP contribution >= 0.6 is 0 Å². The van der Waals surface area contributed by atoms with Gasteiger partial charge in [0.1, 0.15) is 5.60 Å². The number of carbonyl (C=O) groups is 1. The molecular weight excluding hydrogens is 466 g/mol. The van der Waals surface area contributed by atoms with Crippen LogP contribution in [0.1, 0.15) is 87.4 Å². The van der Waals surface area contributed by atoms with Crippen molar-refractivity contribution >= 4 is 12.1 Å². The SMILES string of the molecule is CC.CC(C)(O)c1ncc(C2CC3(CCC3)c3c2cnc2cc(F)nn32)cc1C(F)(F)F.NC=O. The van der Waals surface area contributed by atoms with Crippen molar-refractivity contribution in [2.45, 2.75) is 76.5 Å². The Morgan fingerprint density at radius 1 is 1.17 bits per heavy atom. The maximum Gasteiger partial charge on any atom is 0.418 e. The number of hydrogen-bond donors (Lipinski definition) is 2. The van der Waals surface area contributed by atoms with Crippen molar-refractivity contribution in [2.75, 3.05) is 0 Å². The number of nitrogens with zero attached hydrogens (tertiary/aromatic N) is 4. The number of carbonyl (C=O) groups excluding carboxylic acids is 1. The maximum absolute atomic E-state index is 13.8. The Hall–Kier alpha value is -3.08. The van der Waals surface area contributed by atoms with E-state index in [2.05, 4.69) is 20.8 Å². The molecule has 1 fully saturated rings. The molecule has 1 unspecified atom stereocenters. The third kappa shape index (κ3) is 4.73. The first kappa shape index (κ1) is 26.5. The molecule has 0 aliphatic heterocycles. The molecule has 0 bridgehead atoms. The molecule has 3 N–H and O–H groups in total. The van der Waals surface area contributed by atoms with E-state index < -0.39 is 29.0 Å². The van der Waals surface area contributed by atoms with Gasteiger partial charge < -0.3 is 10.8 Å². The van der Waals surface area contributed by atoms with E-state index in [9.17, 15) is 22.7 Å². The fourth-order valence-corrected chi connectivity index (χ4v) is 5.02. The molecule has 3 aromatic heterocycles. The van der Waals surface area contributed by atoms with Crippen molar-refractivity contribution in [3.8, 4) is 0 Å². The second-order valence-corrected chi connectivity index (χ2v) is 9.05. The van der Waals surface area contributed by atoms with Crippen LogP contribution in [0.2, 0.25) is 0 Å². The zero-order valence-corrected chi connectivity index (χ0v) is 20.0. The lowest BCUT2D eigenvalue weighted by Crippen LogP contribution is -2.34. The minimum absolute atomic E-state index is 0.243. The first-order valence-electron chi connectivity index (χ1n) is 11.4. The predicted octanol–water partition coefficient (Wildman–Crippen LogP) is 4.59. The van der Waals surface area contributed by atoms with Gasteiger partial charge in [0, 0.05) is 35.4 Å². The highest BCUT2D eigenvalue weighted by atomic mass is 19.4. The van der Waals surface area contributed by atoms with E-state index in [-0.39, 0.29) is 17.7 Å². The first-order chi connectivity index (χ1) is 16.4. The average molecular weight is 496 g/mol. The molecule has 0 aromatic carbocycles. The highest BCUT2D eigenvalue weighted by Gasteiger charge is 2.51. The Labute approximate surface area is 200 Å². The molecule has 35 heavy (non-hydrogen) atoms. The van der Waals surface area contributed by atoms with Crippen molar-refractivity contribution < 1.29 is 27.5 Å². The van der Waals surface area contributed by atoms with Crippen molar-refractivity contribution in [1.29, 1.82) is 0 Å². The molecule has 11 heteroatoms. The van der Waals surface area contributed by atoms with Gasteiger partial charge in [0.15, 0.2) is 5.65 Å². The van der Waals surface area contributed by atoms with E-state index in [1.54, 1.807) is 6.20 Å². The third-order valence-corrected chi connectivity index (χ3v) is 6.46. The van der Waals surface area contributed by atoms with Crippen LogP contribution in [0.4, 0.5) is 17.6 Å². The summed E-state index contributed by atoms with van der Waals surface area (Å²) >= 11 is 0. The molecule has 1 saturated carbocycles. The minimum atomic E-state index is -4.65. The van der Waals surface area contributed by atoms with Gasteiger partial charge in [-0.2, -0.15) is 17.6 Å². The Balaban J connectivity index is 0.000000638. The number of aromatic nitrogens is 4. The smallest absolute Gasteiger partial charge is 0.384 e. The molecule has 1 spiro atoms. The number of amides is 1. The van der Waals surface area contributed by atoms with Crippen LogP contribution in [0, 0.1) is 5.95 Å². The first-order valence-corrected chi connectivity index (χ1v) is 11.4. The normalized spacial score (nSPS) is 18.1. The van der Waals surface area contributed by atoms with Gasteiger partial charge in [0.25, 0.3) is 0 Å². The van der Waals surface area contributed by atoms with Crippen LogP contribution in [0.15, 0.2) is 24.5 Å². The summed E-state index contributed by atoms with van der Waals surface area (Å²) < 4.78 is 56.6. The third-order valence-electron chi connectivity index (χ3n) is 6.46. The molecule has 0 saturated heterocycles. The van der Waals surface area contributed by atoms with Crippen LogP contribution < -0.4 is 5.73 Å². The van der Waals surface area contributed by atoms with Crippen molar-refractivity contribution in [1.82, 2.24) is 19.6 Å². The molecule has 3 heterocycles. The number of alkyl halides is 3. The number of rotatable bonds is 2. The van der Waals surface area contributed by atoms with Crippen LogP contribution in [0.3, 0.4) is 0 Å². The molecule has 3 aromatic rings. The number of fused-ring (bicyclic) bond motifs is 4. The molecule has 190 valence electrons. The van der Waals surface area contributed by atoms with E-state index >= 15 is 0 Å². The zero-order valence-electron chi connectivity index (χ0n) is 20.0. The number of primary amides is 1. The summed E-state index contributed by atoms with van der Waals surface area (Å²) in [5.74, 6) is -0.988. The summed E-state index contributed by atoms with van der Waals surface area (Å²) in [4.78, 5) is 16.9. The highest BCUT2D eigenvalue weighted by Crippen LogP contribution is 2.58. The van der Waals surface area contributed by atoms with Gasteiger partial charge in [0.2, 0.25) is 12.4 Å².